The molecular formula is C7H11. The second-order valence-corrected chi connectivity index (χ2v) is 1.80. The van der Waals surface area contributed by atoms with E-state index in [2.05, 4.69) is 19.8 Å². The molecule has 0 saturated heterocycles. The Bertz CT molecular complexity index is 66.6. The molecule has 39 valence electrons. The Morgan fingerprint density at radius 2 is 2.43 bits per heavy atom. The van der Waals surface area contributed by atoms with Crippen molar-refractivity contribution in [2.75, 3.05) is 0 Å². The summed E-state index contributed by atoms with van der Waals surface area (Å²) < 4.78 is 0. The minimum Gasteiger partial charge on any atom is -0.120 e. The average molecular weight is 95.2 g/mol. The monoisotopic (exact) mass is 95.1 g/mol. The number of rotatable bonds is 2. The molecule has 0 aromatic rings. The van der Waals surface area contributed by atoms with Crippen molar-refractivity contribution in [1.82, 2.24) is 0 Å². The number of terminal acetylenes is 1. The first-order chi connectivity index (χ1) is 3.31. The van der Waals surface area contributed by atoms with Crippen molar-refractivity contribution < 1.29 is 0 Å². The summed E-state index contributed by atoms with van der Waals surface area (Å²) in [6, 6.07) is 0. The topological polar surface area (TPSA) is 0 Å². The van der Waals surface area contributed by atoms with Gasteiger partial charge < -0.3 is 0 Å². The van der Waals surface area contributed by atoms with Gasteiger partial charge in [0.15, 0.2) is 0 Å². The van der Waals surface area contributed by atoms with Crippen LogP contribution < -0.4 is 0 Å². The van der Waals surface area contributed by atoms with E-state index in [0.717, 1.165) is 12.8 Å². The Labute approximate surface area is 45.9 Å². The molecule has 0 spiro atoms. The van der Waals surface area contributed by atoms with Gasteiger partial charge in [0.2, 0.25) is 0 Å². The molecule has 0 nitrogen and oxygen atoms in total. The molecule has 7 heavy (non-hydrogen) atoms. The van der Waals surface area contributed by atoms with Gasteiger partial charge in [-0.1, -0.05) is 13.8 Å². The highest BCUT2D eigenvalue weighted by Crippen LogP contribution is 2.02. The third kappa shape index (κ3) is 3.39. The van der Waals surface area contributed by atoms with Crippen LogP contribution in [0.3, 0.4) is 0 Å². The van der Waals surface area contributed by atoms with Crippen LogP contribution in [-0.4, -0.2) is 0 Å². The summed E-state index contributed by atoms with van der Waals surface area (Å²) in [5.41, 5.74) is 0. The maximum Gasteiger partial charge on any atom is 0.0112 e. The van der Waals surface area contributed by atoms with E-state index in [0.29, 0.717) is 5.92 Å². The van der Waals surface area contributed by atoms with E-state index in [1.165, 1.54) is 0 Å². The standard InChI is InChI=1S/C7H11/c1-4-6-7(3)5-2/h1,7H,2,5-6H2,3H3. The number of hydrogen-bond donors (Lipinski definition) is 0. The van der Waals surface area contributed by atoms with Crippen LogP contribution in [0.5, 0.6) is 0 Å². The summed E-state index contributed by atoms with van der Waals surface area (Å²) in [6.07, 6.45) is 6.84. The van der Waals surface area contributed by atoms with Crippen molar-refractivity contribution in [1.29, 1.82) is 0 Å². The molecular weight excluding hydrogens is 84.1 g/mol. The number of hydrogen-bond acceptors (Lipinski definition) is 0. The van der Waals surface area contributed by atoms with Crippen LogP contribution in [0.4, 0.5) is 0 Å². The van der Waals surface area contributed by atoms with Crippen LogP contribution in [0, 0.1) is 25.2 Å². The first-order valence-electron chi connectivity index (χ1n) is 2.54. The fourth-order valence-electron chi connectivity index (χ4n) is 0.303. The Balaban J connectivity index is 3.03. The highest BCUT2D eigenvalue weighted by atomic mass is 14.0. The molecule has 0 aromatic heterocycles. The van der Waals surface area contributed by atoms with Crippen LogP contribution in [0.15, 0.2) is 0 Å². The van der Waals surface area contributed by atoms with Crippen molar-refractivity contribution in [2.45, 2.75) is 19.8 Å². The Morgan fingerprint density at radius 3 is 2.57 bits per heavy atom. The summed E-state index contributed by atoms with van der Waals surface area (Å²) >= 11 is 0. The fraction of sp³-hybridized carbons (Fsp3) is 0.571. The molecule has 0 aromatic carbocycles. The lowest BCUT2D eigenvalue weighted by molar-refractivity contribution is 0.611. The Morgan fingerprint density at radius 1 is 1.86 bits per heavy atom. The van der Waals surface area contributed by atoms with Gasteiger partial charge in [0, 0.05) is 6.42 Å². The predicted molar refractivity (Wildman–Crippen MR) is 32.6 cm³/mol. The van der Waals surface area contributed by atoms with E-state index in [1.54, 1.807) is 0 Å². The maximum atomic E-state index is 5.03. The molecule has 1 atom stereocenters. The van der Waals surface area contributed by atoms with E-state index in [1.807, 2.05) is 0 Å². The molecule has 1 radical (unpaired) electrons. The van der Waals surface area contributed by atoms with Crippen LogP contribution in [0.1, 0.15) is 19.8 Å². The molecule has 0 N–H and O–H groups in total. The van der Waals surface area contributed by atoms with Gasteiger partial charge in [0.05, 0.1) is 0 Å². The molecule has 0 aliphatic heterocycles. The molecule has 0 fully saturated rings. The lowest BCUT2D eigenvalue weighted by Crippen LogP contribution is -1.87. The average Bonchev–Trinajstić information content (AvgIpc) is 1.68. The SMILES string of the molecule is C#CCC(C)C[CH2]. The third-order valence-corrected chi connectivity index (χ3v) is 0.959. The Kier molecular flexibility index (Phi) is 3.50. The van der Waals surface area contributed by atoms with E-state index in [-0.39, 0.29) is 0 Å². The molecule has 0 amide bonds. The van der Waals surface area contributed by atoms with Crippen molar-refractivity contribution >= 4 is 0 Å². The van der Waals surface area contributed by atoms with Crippen LogP contribution in [-0.2, 0) is 0 Å². The van der Waals surface area contributed by atoms with Crippen LogP contribution >= 0.6 is 0 Å². The quantitative estimate of drug-likeness (QED) is 0.459. The molecule has 0 aliphatic carbocycles. The second kappa shape index (κ2) is 3.74. The van der Waals surface area contributed by atoms with Crippen molar-refractivity contribution in [2.24, 2.45) is 5.92 Å². The summed E-state index contributed by atoms with van der Waals surface area (Å²) in [4.78, 5) is 0. The van der Waals surface area contributed by atoms with Crippen molar-refractivity contribution in [3.8, 4) is 12.3 Å². The third-order valence-electron chi connectivity index (χ3n) is 0.959. The fourth-order valence-corrected chi connectivity index (χ4v) is 0.303. The zero-order valence-electron chi connectivity index (χ0n) is 4.78. The maximum absolute atomic E-state index is 5.03. The Hall–Kier alpha value is -0.440. The summed E-state index contributed by atoms with van der Waals surface area (Å²) in [5, 5.41) is 0. The highest BCUT2D eigenvalue weighted by Gasteiger charge is 1.91. The highest BCUT2D eigenvalue weighted by molar-refractivity contribution is 4.85. The lowest BCUT2D eigenvalue weighted by Gasteiger charge is -1.98. The van der Waals surface area contributed by atoms with Gasteiger partial charge in [-0.15, -0.1) is 12.3 Å². The summed E-state index contributed by atoms with van der Waals surface area (Å²) in [5.74, 6) is 3.18. The van der Waals surface area contributed by atoms with E-state index < -0.39 is 0 Å². The van der Waals surface area contributed by atoms with Gasteiger partial charge in [-0.05, 0) is 12.3 Å². The first-order valence-corrected chi connectivity index (χ1v) is 2.54. The second-order valence-electron chi connectivity index (χ2n) is 1.80. The van der Waals surface area contributed by atoms with Gasteiger partial charge in [0.1, 0.15) is 0 Å². The minimum absolute atomic E-state index is 0.602. The predicted octanol–water partition coefficient (Wildman–Crippen LogP) is 1.87. The zero-order chi connectivity index (χ0) is 5.70. The lowest BCUT2D eigenvalue weighted by atomic mass is 10.1. The van der Waals surface area contributed by atoms with Crippen LogP contribution in [0.2, 0.25) is 0 Å². The van der Waals surface area contributed by atoms with E-state index in [9.17, 15) is 0 Å². The van der Waals surface area contributed by atoms with Crippen molar-refractivity contribution in [3.05, 3.63) is 6.92 Å². The largest absolute Gasteiger partial charge is 0.120 e. The smallest absolute Gasteiger partial charge is 0.0112 e. The normalized spacial score (nSPS) is 12.7. The molecule has 0 heteroatoms. The molecule has 0 rings (SSSR count). The van der Waals surface area contributed by atoms with Gasteiger partial charge >= 0.3 is 0 Å². The molecule has 0 saturated carbocycles. The van der Waals surface area contributed by atoms with Gasteiger partial charge in [-0.25, -0.2) is 0 Å². The molecule has 0 bridgehead atoms. The van der Waals surface area contributed by atoms with Crippen LogP contribution in [0.25, 0.3) is 0 Å². The minimum atomic E-state index is 0.602. The molecule has 0 aliphatic rings. The van der Waals surface area contributed by atoms with Gasteiger partial charge in [0.25, 0.3) is 0 Å². The first kappa shape index (κ1) is 6.56. The van der Waals surface area contributed by atoms with Gasteiger partial charge in [-0.3, -0.25) is 0 Å². The molecule has 1 unspecified atom stereocenters. The zero-order valence-corrected chi connectivity index (χ0v) is 4.78. The van der Waals surface area contributed by atoms with E-state index >= 15 is 0 Å². The van der Waals surface area contributed by atoms with E-state index in [4.69, 9.17) is 6.42 Å². The van der Waals surface area contributed by atoms with Gasteiger partial charge in [-0.2, -0.15) is 0 Å². The summed E-state index contributed by atoms with van der Waals surface area (Å²) in [6.45, 7) is 5.81. The summed E-state index contributed by atoms with van der Waals surface area (Å²) in [7, 11) is 0. The van der Waals surface area contributed by atoms with Crippen molar-refractivity contribution in [3.63, 3.8) is 0 Å². The molecule has 0 heterocycles.